The van der Waals surface area contributed by atoms with Gasteiger partial charge in [-0.3, -0.25) is 4.57 Å². The number of hydrogen-bond donors (Lipinski definition) is 1. The molecular formula is C13H14FN3O. The Labute approximate surface area is 104 Å². The Hall–Kier alpha value is -2.04. The van der Waals surface area contributed by atoms with Gasteiger partial charge in [-0.05, 0) is 25.0 Å². The first-order valence-electron chi connectivity index (χ1n) is 5.92. The van der Waals surface area contributed by atoms with Gasteiger partial charge in [0.05, 0.1) is 12.8 Å². The second-order valence-electron chi connectivity index (χ2n) is 4.36. The molecule has 0 radical (unpaired) electrons. The molecule has 0 spiro atoms. The molecule has 1 aliphatic carbocycles. The summed E-state index contributed by atoms with van der Waals surface area (Å²) in [6.07, 6.45) is 5.93. The maximum Gasteiger partial charge on any atom is 0.207 e. The highest BCUT2D eigenvalue weighted by atomic mass is 19.1. The van der Waals surface area contributed by atoms with Crippen molar-refractivity contribution in [3.8, 4) is 11.4 Å². The summed E-state index contributed by atoms with van der Waals surface area (Å²) in [6.45, 7) is 0. The van der Waals surface area contributed by atoms with Crippen LogP contribution in [0.2, 0.25) is 0 Å². The molecule has 5 heteroatoms. The SMILES string of the molecule is COc1cc(-n2ccnc2NC2CC2)ccc1F. The summed E-state index contributed by atoms with van der Waals surface area (Å²) in [5.74, 6) is 0.655. The van der Waals surface area contributed by atoms with Crippen LogP contribution < -0.4 is 10.1 Å². The van der Waals surface area contributed by atoms with Crippen molar-refractivity contribution in [3.05, 3.63) is 36.4 Å². The molecule has 0 amide bonds. The number of nitrogens with zero attached hydrogens (tertiary/aromatic N) is 2. The molecule has 1 fully saturated rings. The third kappa shape index (κ3) is 2.03. The van der Waals surface area contributed by atoms with Gasteiger partial charge in [0, 0.05) is 24.5 Å². The average Bonchev–Trinajstić information content (AvgIpc) is 3.07. The smallest absolute Gasteiger partial charge is 0.207 e. The average molecular weight is 247 g/mol. The van der Waals surface area contributed by atoms with E-state index in [0.29, 0.717) is 6.04 Å². The lowest BCUT2D eigenvalue weighted by Crippen LogP contribution is -2.07. The van der Waals surface area contributed by atoms with E-state index in [1.165, 1.54) is 26.0 Å². The van der Waals surface area contributed by atoms with Gasteiger partial charge < -0.3 is 10.1 Å². The maximum absolute atomic E-state index is 13.4. The monoisotopic (exact) mass is 247 g/mol. The lowest BCUT2D eigenvalue weighted by atomic mass is 10.3. The minimum Gasteiger partial charge on any atom is -0.494 e. The minimum atomic E-state index is -0.363. The topological polar surface area (TPSA) is 39.1 Å². The molecule has 3 rings (SSSR count). The fourth-order valence-electron chi connectivity index (χ4n) is 1.83. The summed E-state index contributed by atoms with van der Waals surface area (Å²) in [5.41, 5.74) is 0.828. The van der Waals surface area contributed by atoms with Crippen molar-refractivity contribution in [3.63, 3.8) is 0 Å². The van der Waals surface area contributed by atoms with Crippen LogP contribution in [0.3, 0.4) is 0 Å². The molecule has 0 atom stereocenters. The number of methoxy groups -OCH3 is 1. The quantitative estimate of drug-likeness (QED) is 0.902. The van der Waals surface area contributed by atoms with Crippen LogP contribution in [0.25, 0.3) is 5.69 Å². The van der Waals surface area contributed by atoms with E-state index >= 15 is 0 Å². The first kappa shape index (κ1) is 11.1. The first-order chi connectivity index (χ1) is 8.78. The molecule has 1 N–H and O–H groups in total. The number of benzene rings is 1. The Morgan fingerprint density at radius 3 is 3.00 bits per heavy atom. The van der Waals surface area contributed by atoms with Crippen LogP contribution in [-0.2, 0) is 0 Å². The van der Waals surface area contributed by atoms with Gasteiger partial charge in [-0.15, -0.1) is 0 Å². The molecule has 1 heterocycles. The Morgan fingerprint density at radius 1 is 1.44 bits per heavy atom. The second-order valence-corrected chi connectivity index (χ2v) is 4.36. The van der Waals surface area contributed by atoms with E-state index in [2.05, 4.69) is 10.3 Å². The van der Waals surface area contributed by atoms with E-state index in [0.717, 1.165) is 11.6 Å². The van der Waals surface area contributed by atoms with Crippen LogP contribution in [-0.4, -0.2) is 22.7 Å². The molecule has 0 bridgehead atoms. The van der Waals surface area contributed by atoms with E-state index in [1.807, 2.05) is 10.8 Å². The highest BCUT2D eigenvalue weighted by Gasteiger charge is 2.22. The van der Waals surface area contributed by atoms with E-state index < -0.39 is 0 Å². The van der Waals surface area contributed by atoms with Crippen LogP contribution >= 0.6 is 0 Å². The zero-order valence-electron chi connectivity index (χ0n) is 10.1. The van der Waals surface area contributed by atoms with Crippen molar-refractivity contribution in [1.29, 1.82) is 0 Å². The summed E-state index contributed by atoms with van der Waals surface area (Å²) in [7, 11) is 1.46. The molecule has 0 unspecified atom stereocenters. The molecule has 1 aromatic carbocycles. The van der Waals surface area contributed by atoms with Crippen molar-refractivity contribution in [2.45, 2.75) is 18.9 Å². The predicted octanol–water partition coefficient (Wildman–Crippen LogP) is 2.59. The Balaban J connectivity index is 1.95. The first-order valence-corrected chi connectivity index (χ1v) is 5.92. The highest BCUT2D eigenvalue weighted by Crippen LogP contribution is 2.27. The maximum atomic E-state index is 13.4. The number of aromatic nitrogens is 2. The molecule has 2 aromatic rings. The van der Waals surface area contributed by atoms with Crippen molar-refractivity contribution in [2.24, 2.45) is 0 Å². The van der Waals surface area contributed by atoms with Gasteiger partial charge >= 0.3 is 0 Å². The standard InChI is InChI=1S/C13H14FN3O/c1-18-12-8-10(4-5-11(12)14)17-7-6-15-13(17)16-9-2-3-9/h4-9H,2-3H2,1H3,(H,15,16). The zero-order valence-corrected chi connectivity index (χ0v) is 10.1. The molecule has 0 aliphatic heterocycles. The number of nitrogens with one attached hydrogen (secondary N) is 1. The normalized spacial score (nSPS) is 14.6. The van der Waals surface area contributed by atoms with Gasteiger partial charge in [0.2, 0.25) is 5.95 Å². The number of ether oxygens (including phenoxy) is 1. The van der Waals surface area contributed by atoms with Crippen molar-refractivity contribution >= 4 is 5.95 Å². The third-order valence-corrected chi connectivity index (χ3v) is 2.96. The third-order valence-electron chi connectivity index (χ3n) is 2.96. The van der Waals surface area contributed by atoms with Crippen LogP contribution in [0.5, 0.6) is 5.75 Å². The van der Waals surface area contributed by atoms with Gasteiger partial charge in [0.15, 0.2) is 11.6 Å². The van der Waals surface area contributed by atoms with Crippen molar-refractivity contribution in [1.82, 2.24) is 9.55 Å². The highest BCUT2D eigenvalue weighted by molar-refractivity contribution is 5.46. The molecule has 18 heavy (non-hydrogen) atoms. The Bertz CT molecular complexity index is 563. The summed E-state index contributed by atoms with van der Waals surface area (Å²) >= 11 is 0. The lowest BCUT2D eigenvalue weighted by Gasteiger charge is -2.10. The van der Waals surface area contributed by atoms with Crippen molar-refractivity contribution < 1.29 is 9.13 Å². The molecule has 1 aliphatic rings. The number of halogens is 1. The van der Waals surface area contributed by atoms with Crippen LogP contribution in [0.15, 0.2) is 30.6 Å². The van der Waals surface area contributed by atoms with Crippen LogP contribution in [0, 0.1) is 5.82 Å². The van der Waals surface area contributed by atoms with Gasteiger partial charge in [-0.25, -0.2) is 9.37 Å². The Kier molecular flexibility index (Phi) is 2.66. The molecule has 4 nitrogen and oxygen atoms in total. The van der Waals surface area contributed by atoms with Gasteiger partial charge in [-0.1, -0.05) is 0 Å². The van der Waals surface area contributed by atoms with Gasteiger partial charge in [-0.2, -0.15) is 0 Å². The summed E-state index contributed by atoms with van der Waals surface area (Å²) in [6, 6.07) is 5.29. The fourth-order valence-corrected chi connectivity index (χ4v) is 1.83. The number of rotatable bonds is 4. The summed E-state index contributed by atoms with van der Waals surface area (Å²) in [5, 5.41) is 3.33. The number of anilines is 1. The summed E-state index contributed by atoms with van der Waals surface area (Å²) in [4.78, 5) is 4.27. The van der Waals surface area contributed by atoms with E-state index in [-0.39, 0.29) is 11.6 Å². The predicted molar refractivity (Wildman–Crippen MR) is 66.7 cm³/mol. The largest absolute Gasteiger partial charge is 0.494 e. The molecule has 94 valence electrons. The zero-order chi connectivity index (χ0) is 12.5. The van der Waals surface area contributed by atoms with E-state index in [4.69, 9.17) is 4.74 Å². The molecular weight excluding hydrogens is 233 g/mol. The molecule has 1 aromatic heterocycles. The molecule has 0 saturated heterocycles. The van der Waals surface area contributed by atoms with Crippen LogP contribution in [0.4, 0.5) is 10.3 Å². The minimum absolute atomic E-state index is 0.235. The van der Waals surface area contributed by atoms with E-state index in [1.54, 1.807) is 18.3 Å². The Morgan fingerprint density at radius 2 is 2.28 bits per heavy atom. The molecule has 1 saturated carbocycles. The van der Waals surface area contributed by atoms with Gasteiger partial charge in [0.25, 0.3) is 0 Å². The van der Waals surface area contributed by atoms with E-state index in [9.17, 15) is 4.39 Å². The number of imidazole rings is 1. The summed E-state index contributed by atoms with van der Waals surface area (Å²) < 4.78 is 20.2. The van der Waals surface area contributed by atoms with Crippen LogP contribution in [0.1, 0.15) is 12.8 Å². The second kappa shape index (κ2) is 4.33. The van der Waals surface area contributed by atoms with Crippen molar-refractivity contribution in [2.75, 3.05) is 12.4 Å². The lowest BCUT2D eigenvalue weighted by molar-refractivity contribution is 0.386. The fraction of sp³-hybridized carbons (Fsp3) is 0.308. The number of hydrogen-bond acceptors (Lipinski definition) is 3. The van der Waals surface area contributed by atoms with Gasteiger partial charge in [0.1, 0.15) is 0 Å².